The second-order valence-corrected chi connectivity index (χ2v) is 35.0. The third-order valence-electron chi connectivity index (χ3n) is 25.4. The minimum Gasteiger partial charge on any atom is -0.426 e. The molecule has 0 unspecified atom stereocenters. The summed E-state index contributed by atoms with van der Waals surface area (Å²) in [6.45, 7) is 22.6. The predicted molar refractivity (Wildman–Crippen MR) is 482 cm³/mol. The lowest BCUT2D eigenvalue weighted by Gasteiger charge is -2.27. The molecule has 12 aromatic carbocycles. The molecule has 15 heteroatoms. The van der Waals surface area contributed by atoms with E-state index < -0.39 is 81.7 Å². The highest BCUT2D eigenvalue weighted by atomic mass is 19.3. The number of halogens is 14. The fourth-order valence-corrected chi connectivity index (χ4v) is 16.9. The van der Waals surface area contributed by atoms with Gasteiger partial charge in [0.15, 0.2) is 69.7 Å². The second-order valence-electron chi connectivity index (χ2n) is 35.0. The molecule has 0 atom stereocenters. The lowest BCUT2D eigenvalue weighted by atomic mass is 9.79. The maximum atomic E-state index is 14.5. The van der Waals surface area contributed by atoms with Gasteiger partial charge in [0, 0.05) is 32.1 Å². The molecule has 1 nitrogen and oxygen atoms in total. The molecule has 0 bridgehead atoms. The molecule has 4 aliphatic rings. The van der Waals surface area contributed by atoms with Gasteiger partial charge in [0.1, 0.15) is 0 Å². The van der Waals surface area contributed by atoms with Crippen molar-refractivity contribution in [2.24, 2.45) is 23.7 Å². The first-order valence-electron chi connectivity index (χ1n) is 43.4. The number of aryl methyl sites for hydroxylation is 8. The van der Waals surface area contributed by atoms with Gasteiger partial charge in [-0.15, -0.1) is 0 Å². The van der Waals surface area contributed by atoms with Crippen molar-refractivity contribution in [1.82, 2.24) is 0 Å². The third-order valence-corrected chi connectivity index (χ3v) is 25.4. The van der Waals surface area contributed by atoms with E-state index in [1.165, 1.54) is 87.6 Å². The van der Waals surface area contributed by atoms with E-state index in [-0.39, 0.29) is 21.3 Å². The van der Waals surface area contributed by atoms with Gasteiger partial charge in [-0.05, 0) is 250 Å². The molecule has 0 aromatic heterocycles. The summed E-state index contributed by atoms with van der Waals surface area (Å²) in [5.41, 5.74) is 13.8. The summed E-state index contributed by atoms with van der Waals surface area (Å²) in [4.78, 5) is 0. The van der Waals surface area contributed by atoms with Crippen LogP contribution in [0.4, 0.5) is 61.5 Å². The van der Waals surface area contributed by atoms with E-state index in [1.807, 2.05) is 93.6 Å². The lowest BCUT2D eigenvalue weighted by molar-refractivity contribution is -0.187. The minimum atomic E-state index is -3.75. The van der Waals surface area contributed by atoms with Crippen LogP contribution in [-0.2, 0) is 6.11 Å². The second kappa shape index (κ2) is 42.9. The fourth-order valence-electron chi connectivity index (χ4n) is 16.9. The topological polar surface area (TPSA) is 9.23 Å². The molecule has 124 heavy (non-hydrogen) atoms. The van der Waals surface area contributed by atoms with Gasteiger partial charge >= 0.3 is 6.11 Å². The van der Waals surface area contributed by atoms with Gasteiger partial charge in [0.25, 0.3) is 0 Å². The van der Waals surface area contributed by atoms with E-state index in [1.54, 1.807) is 125 Å². The fraction of sp³-hybridized carbons (Fsp3) is 0.339. The summed E-state index contributed by atoms with van der Waals surface area (Å²) in [7, 11) is 0. The largest absolute Gasteiger partial charge is 0.426 e. The average molecular weight is 1710 g/mol. The SMILES string of the molecule is Cc1ccc(-c2ccc(C)c(F)c2F)cc1.Cc1ccc(-c2ccc(C)c(F)c2F)cc1.Cc1ccc(-c2ccc(C3CCC(C)CC3)c(F)c2F)cc1.Cc1ccc(-c2ccc(C3CCC(C)CC3)cc2)c(F)c1F.Cc1ccc(-c2ccc(C3CCC(C)CC3)cc2)c(F)c1F.Cc1ccc(OC(F)(F)c2ccc(C3CCC(C)CC3)cc2)c(F)c1F.[HH].[HH].[HH]. The summed E-state index contributed by atoms with van der Waals surface area (Å²) in [5.74, 6) is -5.96. The molecule has 0 amide bonds. The van der Waals surface area contributed by atoms with Crippen molar-refractivity contribution < 1.29 is 70.5 Å². The highest BCUT2D eigenvalue weighted by Gasteiger charge is 2.37. The molecule has 16 rings (SSSR count). The van der Waals surface area contributed by atoms with Crippen molar-refractivity contribution in [2.45, 2.75) is 216 Å². The summed E-state index contributed by atoms with van der Waals surface area (Å²) in [5, 5.41) is 0. The van der Waals surface area contributed by atoms with Crippen LogP contribution in [0.5, 0.6) is 5.75 Å². The molecular formula is C109H118F14O. The Kier molecular flexibility index (Phi) is 32.6. The Hall–Kier alpha value is -10.5. The molecule has 4 saturated carbocycles. The molecule has 0 spiro atoms. The summed E-state index contributed by atoms with van der Waals surface area (Å²) in [6.07, 6.45) is 14.8. The van der Waals surface area contributed by atoms with E-state index in [2.05, 4.69) is 56.7 Å². The van der Waals surface area contributed by atoms with E-state index in [4.69, 9.17) is 0 Å². The first-order chi connectivity index (χ1) is 59.1. The van der Waals surface area contributed by atoms with Crippen LogP contribution in [0.25, 0.3) is 55.6 Å². The van der Waals surface area contributed by atoms with Gasteiger partial charge in [0.05, 0.1) is 5.56 Å². The third kappa shape index (κ3) is 23.9. The minimum absolute atomic E-state index is 0. The van der Waals surface area contributed by atoms with E-state index in [9.17, 15) is 61.5 Å². The number of benzene rings is 12. The smallest absolute Gasteiger partial charge is 0.426 e. The number of alkyl halides is 2. The Balaban J connectivity index is 0.000000189. The lowest BCUT2D eigenvalue weighted by Crippen LogP contribution is -2.23. The maximum Gasteiger partial charge on any atom is 0.426 e. The normalized spacial score (nSPS) is 18.7. The first kappa shape index (κ1) is 94.1. The van der Waals surface area contributed by atoms with Crippen molar-refractivity contribution in [3.05, 3.63) is 361 Å². The van der Waals surface area contributed by atoms with Crippen molar-refractivity contribution >= 4 is 0 Å². The van der Waals surface area contributed by atoms with E-state index in [0.717, 1.165) is 108 Å². The Morgan fingerprint density at radius 2 is 0.444 bits per heavy atom. The van der Waals surface area contributed by atoms with E-state index in [0.29, 0.717) is 96.4 Å². The molecule has 4 aliphatic carbocycles. The van der Waals surface area contributed by atoms with Crippen LogP contribution in [0.3, 0.4) is 0 Å². The van der Waals surface area contributed by atoms with Gasteiger partial charge in [-0.2, -0.15) is 13.2 Å². The predicted octanol–water partition coefficient (Wildman–Crippen LogP) is 34.6. The zero-order chi connectivity index (χ0) is 89.4. The summed E-state index contributed by atoms with van der Waals surface area (Å²) < 4.78 is 199. The van der Waals surface area contributed by atoms with Crippen LogP contribution in [0.1, 0.15) is 231 Å². The van der Waals surface area contributed by atoms with Crippen LogP contribution >= 0.6 is 0 Å². The zero-order valence-corrected chi connectivity index (χ0v) is 72.9. The van der Waals surface area contributed by atoms with Gasteiger partial charge < -0.3 is 4.74 Å². The Morgan fingerprint density at radius 3 is 0.718 bits per heavy atom. The quantitative estimate of drug-likeness (QED) is 0.111. The van der Waals surface area contributed by atoms with Crippen molar-refractivity contribution in [2.75, 3.05) is 0 Å². The average Bonchev–Trinajstić information content (AvgIpc) is 0.804. The summed E-state index contributed by atoms with van der Waals surface area (Å²) >= 11 is 0. The summed E-state index contributed by atoms with van der Waals surface area (Å²) in [6, 6.07) is 62.9. The van der Waals surface area contributed by atoms with Crippen LogP contribution in [0.2, 0.25) is 0 Å². The molecule has 0 heterocycles. The molecular weight excluding hydrogens is 1590 g/mol. The maximum absolute atomic E-state index is 14.5. The standard InChI is InChI=1S/C21H22F4O.3C20H22F2.2C14H12F2.3H2/c1-13-3-6-15(7-4-13)16-8-10-17(11-9-16)21(24,25)26-18-12-5-14(2)19(22)20(18)23;1-13-3-7-15(8-4-13)17-11-12-18(20(22)19(17)21)16-9-5-14(2)6-10-16;2*1-13-3-6-15(7-4-13)16-8-10-17(11-9-16)18-12-5-14(2)19(21)20(18)22;2*1-9-3-6-11(7-4-9)12-8-5-10(2)13(15)14(12)16;;;/h5,8-13,15H,3-4,6-7H2,1-2H3;3-4,7-8,11-12,14,16H,5-6,9-10H2,1-2H3;2*5,8-13,15H,3-4,6-7H2,1-2H3;2*3-8H,1-2H3;3*1H. The van der Waals surface area contributed by atoms with Crippen molar-refractivity contribution in [3.63, 3.8) is 0 Å². The Labute approximate surface area is 727 Å². The zero-order valence-electron chi connectivity index (χ0n) is 72.9. The van der Waals surface area contributed by atoms with E-state index >= 15 is 0 Å². The molecule has 4 fully saturated rings. The molecule has 0 saturated heterocycles. The first-order valence-corrected chi connectivity index (χ1v) is 43.4. The Morgan fingerprint density at radius 1 is 0.226 bits per heavy atom. The van der Waals surface area contributed by atoms with Gasteiger partial charge in [0.2, 0.25) is 5.82 Å². The Bertz CT molecular complexity index is 5320. The van der Waals surface area contributed by atoms with Crippen LogP contribution in [-0.4, -0.2) is 0 Å². The molecule has 0 N–H and O–H groups in total. The van der Waals surface area contributed by atoms with Crippen molar-refractivity contribution in [1.29, 1.82) is 0 Å². The van der Waals surface area contributed by atoms with Crippen LogP contribution < -0.4 is 4.74 Å². The highest BCUT2D eigenvalue weighted by molar-refractivity contribution is 5.69. The molecule has 0 aliphatic heterocycles. The number of hydrogen-bond donors (Lipinski definition) is 0. The highest BCUT2D eigenvalue weighted by Crippen LogP contribution is 2.44. The molecule has 658 valence electrons. The van der Waals surface area contributed by atoms with Crippen LogP contribution in [0, 0.1) is 149 Å². The number of hydrogen-bond acceptors (Lipinski definition) is 1. The van der Waals surface area contributed by atoms with Crippen molar-refractivity contribution in [3.8, 4) is 61.4 Å². The van der Waals surface area contributed by atoms with Gasteiger partial charge in [-0.1, -0.05) is 296 Å². The van der Waals surface area contributed by atoms with Gasteiger partial charge in [-0.25, -0.2) is 48.3 Å². The molecule has 0 radical (unpaired) electrons. The van der Waals surface area contributed by atoms with Crippen LogP contribution in [0.15, 0.2) is 218 Å². The number of rotatable bonds is 12. The molecule has 12 aromatic rings. The number of ether oxygens (including phenoxy) is 1. The van der Waals surface area contributed by atoms with Gasteiger partial charge in [-0.3, -0.25) is 0 Å². The monoisotopic (exact) mass is 1710 g/mol.